The molecule has 0 bridgehead atoms. The summed E-state index contributed by atoms with van der Waals surface area (Å²) in [6.45, 7) is 2.14. The first-order valence-electron chi connectivity index (χ1n) is 9.98. The van der Waals surface area contributed by atoms with E-state index >= 15 is 0 Å². The first-order valence-corrected chi connectivity index (χ1v) is 12.4. The fourth-order valence-electron chi connectivity index (χ4n) is 3.38. The molecular formula is C23H30O4S2. The van der Waals surface area contributed by atoms with Gasteiger partial charge in [0.1, 0.15) is 11.0 Å². The van der Waals surface area contributed by atoms with Gasteiger partial charge in [0.15, 0.2) is 0 Å². The van der Waals surface area contributed by atoms with Crippen LogP contribution in [0.15, 0.2) is 59.3 Å². The van der Waals surface area contributed by atoms with E-state index in [2.05, 4.69) is 6.92 Å². The van der Waals surface area contributed by atoms with Gasteiger partial charge in [-0.15, -0.1) is 0 Å². The largest absolute Gasteiger partial charge is 0.496 e. The van der Waals surface area contributed by atoms with Gasteiger partial charge in [-0.25, -0.2) is 0 Å². The first kappa shape index (κ1) is 23.4. The van der Waals surface area contributed by atoms with Crippen LogP contribution in [-0.2, 0) is 10.1 Å². The number of methoxy groups -OCH3 is 1. The van der Waals surface area contributed by atoms with Crippen molar-refractivity contribution < 1.29 is 17.7 Å². The summed E-state index contributed by atoms with van der Waals surface area (Å²) in [5.41, 5.74) is 0.643. The molecule has 0 radical (unpaired) electrons. The topological polar surface area (TPSA) is 63.6 Å². The molecule has 29 heavy (non-hydrogen) atoms. The van der Waals surface area contributed by atoms with Crippen LogP contribution in [0.2, 0.25) is 0 Å². The predicted molar refractivity (Wildman–Crippen MR) is 122 cm³/mol. The number of hydrogen-bond acceptors (Lipinski definition) is 4. The summed E-state index contributed by atoms with van der Waals surface area (Å²) in [7, 11) is -2.57. The number of fused-ring (bicyclic) bond motifs is 1. The highest BCUT2D eigenvalue weighted by atomic mass is 32.2. The molecule has 1 aromatic heterocycles. The molecule has 1 atom stereocenters. The first-order chi connectivity index (χ1) is 14.0. The Morgan fingerprint density at radius 2 is 1.59 bits per heavy atom. The minimum Gasteiger partial charge on any atom is -0.496 e. The summed E-state index contributed by atoms with van der Waals surface area (Å²) in [6, 6.07) is 15.1. The molecule has 3 rings (SSSR count). The van der Waals surface area contributed by atoms with Crippen LogP contribution in [0.3, 0.4) is 0 Å². The lowest BCUT2D eigenvalue weighted by molar-refractivity contribution is 0.419. The van der Waals surface area contributed by atoms with Crippen molar-refractivity contribution in [3.8, 4) is 5.75 Å². The van der Waals surface area contributed by atoms with E-state index in [4.69, 9.17) is 4.74 Å². The van der Waals surface area contributed by atoms with Crippen LogP contribution in [0.1, 0.15) is 56.3 Å². The van der Waals surface area contributed by atoms with Crippen molar-refractivity contribution in [1.29, 1.82) is 0 Å². The molecule has 2 aromatic carbocycles. The van der Waals surface area contributed by atoms with E-state index in [9.17, 15) is 13.0 Å². The summed E-state index contributed by atoms with van der Waals surface area (Å²) in [5.74, 6) is 0.700. The molecular weight excluding hydrogens is 404 g/mol. The fourth-order valence-corrected chi connectivity index (χ4v) is 4.82. The molecule has 0 saturated carbocycles. The van der Waals surface area contributed by atoms with E-state index in [-0.39, 0.29) is 0 Å². The van der Waals surface area contributed by atoms with E-state index in [0.29, 0.717) is 17.7 Å². The number of ether oxygens (including phenoxy) is 1. The molecule has 0 fully saturated rings. The standard InChI is InChI=1S/C19H26O4S.C4H4S/c1-3-4-5-6-7-12-19(24(20,21)22)17-13-14-18(23-2)16-11-9-8-10-15(16)17;1-2-4-5-3-1/h8-11,13-14,19H,3-7,12H2,1-2H3,(H,20,21,22);1-4H. The van der Waals surface area contributed by atoms with Crippen LogP contribution in [-0.4, -0.2) is 20.1 Å². The van der Waals surface area contributed by atoms with Crippen LogP contribution in [0, 0.1) is 0 Å². The Balaban J connectivity index is 0.000000521. The van der Waals surface area contributed by atoms with Gasteiger partial charge in [0.2, 0.25) is 0 Å². The smallest absolute Gasteiger partial charge is 0.272 e. The maximum Gasteiger partial charge on any atom is 0.272 e. The summed E-state index contributed by atoms with van der Waals surface area (Å²) >= 11 is 1.71. The van der Waals surface area contributed by atoms with E-state index in [1.54, 1.807) is 30.6 Å². The number of hydrogen-bond donors (Lipinski definition) is 1. The zero-order chi connectivity index (χ0) is 21.1. The Bertz CT molecular complexity index is 933. The zero-order valence-corrected chi connectivity index (χ0v) is 18.7. The minimum atomic E-state index is -4.16. The summed E-state index contributed by atoms with van der Waals surface area (Å²) in [5, 5.41) is 4.86. The van der Waals surface area contributed by atoms with Gasteiger partial charge in [-0.2, -0.15) is 19.8 Å². The average molecular weight is 435 g/mol. The SMILES string of the molecule is CCCCCCCC(c1ccc(OC)c2ccccc12)S(=O)(=O)O.c1ccsc1. The van der Waals surface area contributed by atoms with Crippen molar-refractivity contribution in [2.45, 2.75) is 50.7 Å². The normalized spacial score (nSPS) is 12.2. The number of benzene rings is 2. The quantitative estimate of drug-likeness (QED) is 0.294. The highest BCUT2D eigenvalue weighted by molar-refractivity contribution is 7.86. The average Bonchev–Trinajstić information content (AvgIpc) is 3.29. The van der Waals surface area contributed by atoms with E-state index in [1.165, 1.54) is 0 Å². The number of thiophene rings is 1. The third-order valence-corrected chi connectivity index (χ3v) is 6.68. The number of unbranched alkanes of at least 4 members (excludes halogenated alkanes) is 4. The van der Waals surface area contributed by atoms with Crippen LogP contribution in [0.25, 0.3) is 10.8 Å². The zero-order valence-electron chi connectivity index (χ0n) is 17.1. The lowest BCUT2D eigenvalue weighted by Gasteiger charge is -2.18. The van der Waals surface area contributed by atoms with Crippen molar-refractivity contribution in [2.75, 3.05) is 7.11 Å². The van der Waals surface area contributed by atoms with Crippen molar-refractivity contribution in [1.82, 2.24) is 0 Å². The molecule has 1 N–H and O–H groups in total. The summed E-state index contributed by atoms with van der Waals surface area (Å²) < 4.78 is 39.1. The van der Waals surface area contributed by atoms with E-state index < -0.39 is 15.4 Å². The van der Waals surface area contributed by atoms with Gasteiger partial charge in [0.05, 0.1) is 7.11 Å². The van der Waals surface area contributed by atoms with Crippen molar-refractivity contribution in [2.24, 2.45) is 0 Å². The summed E-state index contributed by atoms with van der Waals surface area (Å²) in [6.07, 6.45) is 5.59. The molecule has 4 nitrogen and oxygen atoms in total. The van der Waals surface area contributed by atoms with Crippen LogP contribution >= 0.6 is 11.3 Å². The van der Waals surface area contributed by atoms with Gasteiger partial charge in [-0.3, -0.25) is 4.55 Å². The molecule has 0 aliphatic heterocycles. The van der Waals surface area contributed by atoms with E-state index in [0.717, 1.165) is 42.9 Å². The Kier molecular flexibility index (Phi) is 9.64. The van der Waals surface area contributed by atoms with Gasteiger partial charge < -0.3 is 4.74 Å². The maximum atomic E-state index is 12.0. The second kappa shape index (κ2) is 12.0. The van der Waals surface area contributed by atoms with Crippen LogP contribution in [0.4, 0.5) is 0 Å². The molecule has 158 valence electrons. The Morgan fingerprint density at radius 3 is 2.14 bits per heavy atom. The lowest BCUT2D eigenvalue weighted by Crippen LogP contribution is -2.13. The minimum absolute atomic E-state index is 0.429. The summed E-state index contributed by atoms with van der Waals surface area (Å²) in [4.78, 5) is 0. The molecule has 1 unspecified atom stereocenters. The second-order valence-corrected chi connectivity index (χ2v) is 9.32. The van der Waals surface area contributed by atoms with Gasteiger partial charge in [0.25, 0.3) is 10.1 Å². The molecule has 0 spiro atoms. The predicted octanol–water partition coefficient (Wildman–Crippen LogP) is 6.89. The van der Waals surface area contributed by atoms with Crippen LogP contribution in [0.5, 0.6) is 5.75 Å². The second-order valence-electron chi connectivity index (χ2n) is 6.90. The van der Waals surface area contributed by atoms with Gasteiger partial charge >= 0.3 is 0 Å². The molecule has 6 heteroatoms. The highest BCUT2D eigenvalue weighted by Gasteiger charge is 2.26. The fraction of sp³-hybridized carbons (Fsp3) is 0.391. The highest BCUT2D eigenvalue weighted by Crippen LogP contribution is 2.36. The van der Waals surface area contributed by atoms with Gasteiger partial charge in [-0.05, 0) is 34.2 Å². The molecule has 1 heterocycles. The molecule has 3 aromatic rings. The molecule has 0 aliphatic rings. The van der Waals surface area contributed by atoms with Gasteiger partial charge in [0, 0.05) is 5.39 Å². The van der Waals surface area contributed by atoms with Crippen LogP contribution < -0.4 is 4.74 Å². The Labute approximate surface area is 178 Å². The van der Waals surface area contributed by atoms with Gasteiger partial charge in [-0.1, -0.05) is 81.5 Å². The Hall–Kier alpha value is -1.89. The third kappa shape index (κ3) is 7.14. The molecule has 0 amide bonds. The Morgan fingerprint density at radius 1 is 0.931 bits per heavy atom. The maximum absolute atomic E-state index is 12.0. The molecule has 0 aliphatic carbocycles. The third-order valence-electron chi connectivity index (χ3n) is 4.84. The van der Waals surface area contributed by atoms with Crippen molar-refractivity contribution >= 4 is 32.2 Å². The van der Waals surface area contributed by atoms with Crippen molar-refractivity contribution in [3.05, 3.63) is 64.9 Å². The van der Waals surface area contributed by atoms with E-state index in [1.807, 2.05) is 47.2 Å². The lowest BCUT2D eigenvalue weighted by atomic mass is 9.98. The van der Waals surface area contributed by atoms with Crippen molar-refractivity contribution in [3.63, 3.8) is 0 Å². The number of rotatable bonds is 9. The monoisotopic (exact) mass is 434 g/mol. The molecule has 0 saturated heterocycles.